The number of aliphatic carboxylic acids is 1. The number of halogens is 2. The zero-order valence-corrected chi connectivity index (χ0v) is 27.4. The number of esters is 1. The number of carboxylic acids is 1. The summed E-state index contributed by atoms with van der Waals surface area (Å²) < 4.78 is 5.04. The normalized spacial score (nSPS) is 19.9. The van der Waals surface area contributed by atoms with Crippen molar-refractivity contribution in [2.45, 2.75) is 82.5 Å². The number of rotatable bonds is 7. The van der Waals surface area contributed by atoms with Crippen molar-refractivity contribution in [2.24, 2.45) is 9.98 Å². The molecule has 0 radical (unpaired) electrons. The summed E-state index contributed by atoms with van der Waals surface area (Å²) in [6.07, 6.45) is 9.18. The highest BCUT2D eigenvalue weighted by Crippen LogP contribution is 2.41. The number of benzene rings is 2. The molecule has 4 aliphatic rings. The Morgan fingerprint density at radius 2 is 1.11 bits per heavy atom. The number of hydrogen-bond acceptors (Lipinski definition) is 7. The molecule has 0 atom stereocenters. The summed E-state index contributed by atoms with van der Waals surface area (Å²) in [5.41, 5.74) is 0.908. The smallest absolute Gasteiger partial charge is 0.325 e. The molecule has 0 saturated heterocycles. The fraction of sp³-hybridized carbons (Fsp3) is 0.471. The van der Waals surface area contributed by atoms with Gasteiger partial charge in [0, 0.05) is 21.2 Å². The van der Waals surface area contributed by atoms with Gasteiger partial charge in [-0.05, 0) is 82.6 Å². The summed E-state index contributed by atoms with van der Waals surface area (Å²) in [7, 11) is 0. The number of aliphatic imine (C=N–C) groups is 2. The van der Waals surface area contributed by atoms with Crippen molar-refractivity contribution in [1.82, 2.24) is 9.80 Å². The first-order valence-electron chi connectivity index (χ1n) is 15.8. The van der Waals surface area contributed by atoms with E-state index in [1.54, 1.807) is 60.4 Å². The van der Waals surface area contributed by atoms with Crippen molar-refractivity contribution in [2.75, 3.05) is 19.7 Å². The van der Waals surface area contributed by atoms with Crippen LogP contribution in [0, 0.1) is 0 Å². The van der Waals surface area contributed by atoms with E-state index in [2.05, 4.69) is 4.99 Å². The Morgan fingerprint density at radius 1 is 0.717 bits per heavy atom. The topological polar surface area (TPSA) is 129 Å². The maximum atomic E-state index is 13.0. The van der Waals surface area contributed by atoms with E-state index >= 15 is 0 Å². The average molecular weight is 670 g/mol. The lowest BCUT2D eigenvalue weighted by atomic mass is 9.88. The minimum absolute atomic E-state index is 0.0484. The molecule has 10 nitrogen and oxygen atoms in total. The minimum Gasteiger partial charge on any atom is -0.480 e. The second-order valence-corrected chi connectivity index (χ2v) is 12.9. The summed E-state index contributed by atoms with van der Waals surface area (Å²) in [4.78, 5) is 61.3. The summed E-state index contributed by atoms with van der Waals surface area (Å²) in [5.74, 6) is -1.90. The quantitative estimate of drug-likeness (QED) is 0.365. The number of carbonyl (C=O) groups excluding carboxylic acids is 3. The number of carbonyl (C=O) groups is 4. The molecule has 2 aliphatic carbocycles. The zero-order valence-electron chi connectivity index (χ0n) is 25.8. The van der Waals surface area contributed by atoms with Crippen molar-refractivity contribution in [3.63, 3.8) is 0 Å². The predicted octanol–water partition coefficient (Wildman–Crippen LogP) is 5.91. The van der Waals surface area contributed by atoms with E-state index in [1.165, 1.54) is 4.90 Å². The molecule has 0 unspecified atom stereocenters. The lowest BCUT2D eigenvalue weighted by Gasteiger charge is -2.38. The SMILES string of the molecule is CCOC(=O)CN1C(=O)C(c2ccc(Cl)cc2)=NC12CCCCC2.O=C(O)CN1C(=O)C(c2ccc(Cl)cc2)=NC12CCCCC2. The summed E-state index contributed by atoms with van der Waals surface area (Å²) >= 11 is 11.8. The van der Waals surface area contributed by atoms with E-state index in [0.29, 0.717) is 33.6 Å². The van der Waals surface area contributed by atoms with Crippen molar-refractivity contribution in [3.8, 4) is 0 Å². The van der Waals surface area contributed by atoms with Crippen LogP contribution in [-0.2, 0) is 23.9 Å². The second kappa shape index (κ2) is 14.3. The number of hydrogen-bond donors (Lipinski definition) is 1. The molecule has 2 spiro atoms. The van der Waals surface area contributed by atoms with Crippen LogP contribution in [-0.4, -0.2) is 81.1 Å². The van der Waals surface area contributed by atoms with Gasteiger partial charge in [-0.25, -0.2) is 0 Å². The molecule has 2 fully saturated rings. The van der Waals surface area contributed by atoms with Crippen LogP contribution in [0.4, 0.5) is 0 Å². The Labute approximate surface area is 278 Å². The van der Waals surface area contributed by atoms with Crippen LogP contribution >= 0.6 is 23.2 Å². The third kappa shape index (κ3) is 7.13. The van der Waals surface area contributed by atoms with Crippen molar-refractivity contribution >= 4 is 58.4 Å². The molecule has 0 bridgehead atoms. The molecule has 2 aromatic carbocycles. The molecular formula is C34H38Cl2N4O6. The standard InChI is InChI=1S/C18H21ClN2O3.C16H17ClN2O3/c1-2-24-15(22)12-21-17(23)16(13-6-8-14(19)9-7-13)20-18(21)10-4-3-5-11-18;17-12-6-4-11(5-7-12)14-15(22)19(10-13(20)21)16(18-14)8-2-1-3-9-16/h6-9H,2-5,10-12H2,1H3;4-7H,1-3,8-10H2,(H,20,21). The van der Waals surface area contributed by atoms with Gasteiger partial charge >= 0.3 is 11.9 Å². The van der Waals surface area contributed by atoms with E-state index in [-0.39, 0.29) is 30.9 Å². The third-order valence-corrected chi connectivity index (χ3v) is 9.47. The van der Waals surface area contributed by atoms with Gasteiger partial charge in [0.05, 0.1) is 6.61 Å². The monoisotopic (exact) mass is 668 g/mol. The van der Waals surface area contributed by atoms with Crippen LogP contribution in [0.1, 0.15) is 82.3 Å². The van der Waals surface area contributed by atoms with Gasteiger partial charge in [-0.2, -0.15) is 0 Å². The van der Waals surface area contributed by atoms with E-state index < -0.39 is 17.3 Å². The lowest BCUT2D eigenvalue weighted by Crippen LogP contribution is -2.50. The summed E-state index contributed by atoms with van der Waals surface area (Å²) in [6, 6.07) is 14.0. The highest BCUT2D eigenvalue weighted by molar-refractivity contribution is 6.47. The van der Waals surface area contributed by atoms with Crippen LogP contribution in [0.3, 0.4) is 0 Å². The molecule has 2 saturated carbocycles. The van der Waals surface area contributed by atoms with Crippen LogP contribution < -0.4 is 0 Å². The lowest BCUT2D eigenvalue weighted by molar-refractivity contribution is -0.150. The largest absolute Gasteiger partial charge is 0.480 e. The van der Waals surface area contributed by atoms with Gasteiger partial charge in [0.1, 0.15) is 35.8 Å². The van der Waals surface area contributed by atoms with Crippen molar-refractivity contribution < 1.29 is 29.0 Å². The van der Waals surface area contributed by atoms with Crippen molar-refractivity contribution in [3.05, 3.63) is 69.7 Å². The second-order valence-electron chi connectivity index (χ2n) is 12.0. The molecule has 1 N–H and O–H groups in total. The van der Waals surface area contributed by atoms with E-state index in [4.69, 9.17) is 38.0 Å². The fourth-order valence-corrected chi connectivity index (χ4v) is 7.02. The van der Waals surface area contributed by atoms with Crippen LogP contribution in [0.15, 0.2) is 58.5 Å². The highest BCUT2D eigenvalue weighted by Gasteiger charge is 2.49. The number of carboxylic acid groups (broad SMARTS) is 1. The van der Waals surface area contributed by atoms with Gasteiger partial charge < -0.3 is 19.6 Å². The Morgan fingerprint density at radius 3 is 1.48 bits per heavy atom. The minimum atomic E-state index is -1.01. The summed E-state index contributed by atoms with van der Waals surface area (Å²) in [6.45, 7) is 1.71. The van der Waals surface area contributed by atoms with Gasteiger partial charge in [0.2, 0.25) is 0 Å². The van der Waals surface area contributed by atoms with Gasteiger partial charge in [-0.3, -0.25) is 29.2 Å². The highest BCUT2D eigenvalue weighted by atomic mass is 35.5. The predicted molar refractivity (Wildman–Crippen MR) is 175 cm³/mol. The zero-order chi connectivity index (χ0) is 32.9. The van der Waals surface area contributed by atoms with Gasteiger partial charge in [-0.15, -0.1) is 0 Å². The first-order valence-corrected chi connectivity index (χ1v) is 16.6. The van der Waals surface area contributed by atoms with E-state index in [0.717, 1.165) is 69.8 Å². The molecule has 0 aromatic heterocycles. The van der Waals surface area contributed by atoms with Crippen LogP contribution in [0.25, 0.3) is 0 Å². The van der Waals surface area contributed by atoms with Crippen LogP contribution in [0.5, 0.6) is 0 Å². The molecule has 12 heteroatoms. The molecule has 2 heterocycles. The van der Waals surface area contributed by atoms with Gasteiger partial charge in [-0.1, -0.05) is 60.3 Å². The van der Waals surface area contributed by atoms with Crippen LogP contribution in [0.2, 0.25) is 10.0 Å². The van der Waals surface area contributed by atoms with Gasteiger partial charge in [0.15, 0.2) is 0 Å². The van der Waals surface area contributed by atoms with E-state index in [1.807, 2.05) is 0 Å². The van der Waals surface area contributed by atoms with Gasteiger partial charge in [0.25, 0.3) is 11.8 Å². The number of amides is 2. The maximum Gasteiger partial charge on any atom is 0.325 e. The Balaban J connectivity index is 0.000000182. The molecule has 2 aromatic rings. The molecule has 2 aliphatic heterocycles. The first kappa shape index (κ1) is 33.6. The molecule has 2 amide bonds. The molecular weight excluding hydrogens is 631 g/mol. The Hall–Kier alpha value is -3.76. The average Bonchev–Trinajstić information content (AvgIpc) is 3.44. The Bertz CT molecular complexity index is 1530. The summed E-state index contributed by atoms with van der Waals surface area (Å²) in [5, 5.41) is 10.3. The maximum absolute atomic E-state index is 13.0. The molecule has 6 rings (SSSR count). The fourth-order valence-electron chi connectivity index (χ4n) is 6.77. The molecule has 46 heavy (non-hydrogen) atoms. The Kier molecular flexibility index (Phi) is 10.5. The van der Waals surface area contributed by atoms with E-state index in [9.17, 15) is 19.2 Å². The molecule has 244 valence electrons. The number of nitrogens with zero attached hydrogens (tertiary/aromatic N) is 4. The number of ether oxygens (including phenoxy) is 1. The third-order valence-electron chi connectivity index (χ3n) is 8.97. The van der Waals surface area contributed by atoms with Crippen molar-refractivity contribution in [1.29, 1.82) is 0 Å². The first-order chi connectivity index (χ1) is 22.1.